The van der Waals surface area contributed by atoms with Crippen LogP contribution < -0.4 is 10.6 Å². The van der Waals surface area contributed by atoms with Gasteiger partial charge < -0.3 is 10.6 Å². The van der Waals surface area contributed by atoms with Crippen molar-refractivity contribution in [1.82, 2.24) is 10.6 Å². The summed E-state index contributed by atoms with van der Waals surface area (Å²) in [5.41, 5.74) is 0. The van der Waals surface area contributed by atoms with Gasteiger partial charge in [0.25, 0.3) is 0 Å². The molecule has 2 N–H and O–H groups in total. The van der Waals surface area contributed by atoms with E-state index in [0.29, 0.717) is 11.0 Å². The molecule has 0 rings (SSSR count). The van der Waals surface area contributed by atoms with E-state index in [1.165, 1.54) is 0 Å². The van der Waals surface area contributed by atoms with Crippen molar-refractivity contribution >= 4 is 22.0 Å². The number of amides is 2. The Labute approximate surface area is 74.4 Å². The largest absolute Gasteiger partial charge is 0.334 e. The van der Waals surface area contributed by atoms with Crippen molar-refractivity contribution in [1.29, 1.82) is 0 Å². The molecule has 0 bridgehead atoms. The summed E-state index contributed by atoms with van der Waals surface area (Å²) in [4.78, 5) is 10.7. The van der Waals surface area contributed by atoms with Gasteiger partial charge in [0.05, 0.1) is 13.1 Å². The van der Waals surface area contributed by atoms with Gasteiger partial charge in [0, 0.05) is 4.48 Å². The smallest absolute Gasteiger partial charge is 0.315 e. The zero-order chi connectivity index (χ0) is 8.69. The Hall–Kier alpha value is -0.950. The van der Waals surface area contributed by atoms with E-state index < -0.39 is 0 Å². The fourth-order valence-corrected chi connectivity index (χ4v) is 0.510. The molecule has 60 valence electrons. The summed E-state index contributed by atoms with van der Waals surface area (Å²) in [6.45, 7) is 4.18. The fraction of sp³-hybridized carbons (Fsp3) is 0.286. The Morgan fingerprint density at radius 2 is 2.27 bits per heavy atom. The molecule has 0 aromatic rings. The third-order valence-electron chi connectivity index (χ3n) is 0.792. The van der Waals surface area contributed by atoms with Gasteiger partial charge in [-0.05, 0) is 0 Å². The highest BCUT2D eigenvalue weighted by Gasteiger charge is 1.95. The number of rotatable bonds is 3. The third kappa shape index (κ3) is 6.94. The van der Waals surface area contributed by atoms with E-state index in [1.807, 2.05) is 0 Å². The van der Waals surface area contributed by atoms with E-state index in [2.05, 4.69) is 39.1 Å². The van der Waals surface area contributed by atoms with Crippen molar-refractivity contribution in [2.45, 2.75) is 0 Å². The monoisotopic (exact) mass is 216 g/mol. The minimum atomic E-state index is -0.288. The van der Waals surface area contributed by atoms with Gasteiger partial charge in [0.2, 0.25) is 0 Å². The van der Waals surface area contributed by atoms with Gasteiger partial charge in [-0.1, -0.05) is 28.4 Å². The molecular formula is C7H9BrN2O. The standard InChI is InChI=1S/C7H9BrN2O/c1-3-4-9-7(11)10-5-6(2)8/h1H,2,4-5H2,(H2,9,10,11). The second-order valence-corrected chi connectivity index (χ2v) is 2.88. The van der Waals surface area contributed by atoms with Crippen LogP contribution in [0.15, 0.2) is 11.1 Å². The highest BCUT2D eigenvalue weighted by molar-refractivity contribution is 9.11. The van der Waals surface area contributed by atoms with Gasteiger partial charge >= 0.3 is 6.03 Å². The Bertz CT molecular complexity index is 195. The molecule has 0 radical (unpaired) electrons. The van der Waals surface area contributed by atoms with Crippen LogP contribution >= 0.6 is 15.9 Å². The molecule has 11 heavy (non-hydrogen) atoms. The maximum Gasteiger partial charge on any atom is 0.315 e. The van der Waals surface area contributed by atoms with Crippen LogP contribution in [-0.2, 0) is 0 Å². The molecule has 0 saturated heterocycles. The Balaban J connectivity index is 3.39. The summed E-state index contributed by atoms with van der Waals surface area (Å²) < 4.78 is 0.716. The van der Waals surface area contributed by atoms with E-state index in [9.17, 15) is 4.79 Å². The van der Waals surface area contributed by atoms with Crippen LogP contribution in [-0.4, -0.2) is 19.1 Å². The molecule has 0 aliphatic carbocycles. The van der Waals surface area contributed by atoms with Crippen molar-refractivity contribution in [2.24, 2.45) is 0 Å². The molecule has 0 saturated carbocycles. The zero-order valence-corrected chi connectivity index (χ0v) is 7.57. The van der Waals surface area contributed by atoms with E-state index >= 15 is 0 Å². The molecule has 0 aromatic heterocycles. The van der Waals surface area contributed by atoms with Crippen LogP contribution in [0.4, 0.5) is 4.79 Å². The lowest BCUT2D eigenvalue weighted by Gasteiger charge is -2.02. The minimum absolute atomic E-state index is 0.237. The summed E-state index contributed by atoms with van der Waals surface area (Å²) in [5, 5.41) is 4.96. The van der Waals surface area contributed by atoms with Crippen LogP contribution in [0.25, 0.3) is 0 Å². The fourth-order valence-electron chi connectivity index (χ4n) is 0.370. The van der Waals surface area contributed by atoms with Crippen molar-refractivity contribution in [3.8, 4) is 12.3 Å². The first-order valence-electron chi connectivity index (χ1n) is 2.95. The van der Waals surface area contributed by atoms with E-state index in [-0.39, 0.29) is 12.6 Å². The quantitative estimate of drug-likeness (QED) is 0.675. The second kappa shape index (κ2) is 5.81. The first-order valence-corrected chi connectivity index (χ1v) is 3.74. The predicted molar refractivity (Wildman–Crippen MR) is 48.3 cm³/mol. The molecule has 0 fully saturated rings. The maximum atomic E-state index is 10.7. The maximum absolute atomic E-state index is 10.7. The predicted octanol–water partition coefficient (Wildman–Crippen LogP) is 0.827. The molecule has 0 heterocycles. The van der Waals surface area contributed by atoms with Gasteiger partial charge in [-0.2, -0.15) is 0 Å². The van der Waals surface area contributed by atoms with Crippen LogP contribution in [0.1, 0.15) is 0 Å². The molecule has 0 aromatic carbocycles. The van der Waals surface area contributed by atoms with Crippen LogP contribution in [0, 0.1) is 12.3 Å². The third-order valence-corrected chi connectivity index (χ3v) is 1.07. The number of carbonyl (C=O) groups is 1. The molecule has 2 amide bonds. The molecule has 4 heteroatoms. The normalized spacial score (nSPS) is 8.00. The average molecular weight is 217 g/mol. The number of carbonyl (C=O) groups excluding carboxylic acids is 1. The van der Waals surface area contributed by atoms with Crippen LogP contribution in [0.5, 0.6) is 0 Å². The van der Waals surface area contributed by atoms with Crippen LogP contribution in [0.3, 0.4) is 0 Å². The Morgan fingerprint density at radius 3 is 2.73 bits per heavy atom. The van der Waals surface area contributed by atoms with Gasteiger partial charge in [0.1, 0.15) is 0 Å². The molecule has 0 aliphatic rings. The SMILES string of the molecule is C#CCNC(=O)NCC(=C)Br. The summed E-state index contributed by atoms with van der Waals surface area (Å²) in [5.74, 6) is 2.28. The Morgan fingerprint density at radius 1 is 1.64 bits per heavy atom. The van der Waals surface area contributed by atoms with E-state index in [0.717, 1.165) is 0 Å². The van der Waals surface area contributed by atoms with Gasteiger partial charge in [-0.15, -0.1) is 6.42 Å². The van der Waals surface area contributed by atoms with Gasteiger partial charge in [-0.25, -0.2) is 4.79 Å². The number of terminal acetylenes is 1. The first kappa shape index (κ1) is 10.0. The molecule has 0 unspecified atom stereocenters. The number of halogens is 1. The van der Waals surface area contributed by atoms with Gasteiger partial charge in [0.15, 0.2) is 0 Å². The number of urea groups is 1. The zero-order valence-electron chi connectivity index (χ0n) is 5.98. The Kier molecular flexibility index (Phi) is 5.30. The van der Waals surface area contributed by atoms with Crippen molar-refractivity contribution in [3.05, 3.63) is 11.1 Å². The topological polar surface area (TPSA) is 41.1 Å². The second-order valence-electron chi connectivity index (χ2n) is 1.76. The summed E-state index contributed by atoms with van der Waals surface area (Å²) in [7, 11) is 0. The first-order chi connectivity index (χ1) is 5.16. The lowest BCUT2D eigenvalue weighted by molar-refractivity contribution is 0.243. The average Bonchev–Trinajstić information content (AvgIpc) is 1.97. The van der Waals surface area contributed by atoms with Crippen molar-refractivity contribution in [3.63, 3.8) is 0 Å². The van der Waals surface area contributed by atoms with E-state index in [1.54, 1.807) is 0 Å². The summed E-state index contributed by atoms with van der Waals surface area (Å²) >= 11 is 3.09. The lowest BCUT2D eigenvalue weighted by atomic mass is 10.6. The molecule has 3 nitrogen and oxygen atoms in total. The summed E-state index contributed by atoms with van der Waals surface area (Å²) in [6.07, 6.45) is 4.91. The highest BCUT2D eigenvalue weighted by Crippen LogP contribution is 1.95. The van der Waals surface area contributed by atoms with Crippen LogP contribution in [0.2, 0.25) is 0 Å². The number of hydrogen-bond acceptors (Lipinski definition) is 1. The molecular weight excluding hydrogens is 208 g/mol. The van der Waals surface area contributed by atoms with Gasteiger partial charge in [-0.3, -0.25) is 0 Å². The van der Waals surface area contributed by atoms with Crippen molar-refractivity contribution in [2.75, 3.05) is 13.1 Å². The lowest BCUT2D eigenvalue weighted by Crippen LogP contribution is -2.36. The number of hydrogen-bond donors (Lipinski definition) is 2. The highest BCUT2D eigenvalue weighted by atomic mass is 79.9. The summed E-state index contributed by atoms with van der Waals surface area (Å²) in [6, 6.07) is -0.288. The number of nitrogens with one attached hydrogen (secondary N) is 2. The van der Waals surface area contributed by atoms with Crippen molar-refractivity contribution < 1.29 is 4.79 Å². The minimum Gasteiger partial charge on any atom is -0.334 e. The van der Waals surface area contributed by atoms with E-state index in [4.69, 9.17) is 6.42 Å². The molecule has 0 atom stereocenters. The molecule has 0 aliphatic heterocycles. The molecule has 0 spiro atoms.